The lowest BCUT2D eigenvalue weighted by Gasteiger charge is -2.15. The molecule has 1 aromatic carbocycles. The molecule has 0 fully saturated rings. The summed E-state index contributed by atoms with van der Waals surface area (Å²) in [6, 6.07) is 6.36. The fourth-order valence-electron chi connectivity index (χ4n) is 3.43. The lowest BCUT2D eigenvalue weighted by molar-refractivity contribution is 0.0675. The highest BCUT2D eigenvalue weighted by Gasteiger charge is 2.28. The highest BCUT2D eigenvalue weighted by atomic mass is 32.2. The van der Waals surface area contributed by atoms with Gasteiger partial charge in [-0.15, -0.1) is 0 Å². The number of fused-ring (bicyclic) bond motifs is 1. The molecule has 0 saturated heterocycles. The molecule has 12 heteroatoms. The Labute approximate surface area is 191 Å². The molecule has 3 rings (SSSR count). The van der Waals surface area contributed by atoms with Gasteiger partial charge < -0.3 is 14.4 Å². The highest BCUT2D eigenvalue weighted by Crippen LogP contribution is 2.30. The molecular weight excluding hydrogens is 472 g/mol. The largest absolute Gasteiger partial charge is 0.477 e. The first kappa shape index (κ1) is 25.1. The van der Waals surface area contributed by atoms with Gasteiger partial charge in [-0.3, -0.25) is 0 Å². The molecular formula is C21H27F2N3O5SSi. The molecule has 0 atom stereocenters. The van der Waals surface area contributed by atoms with E-state index in [1.807, 2.05) is 0 Å². The van der Waals surface area contributed by atoms with E-state index in [-0.39, 0.29) is 22.2 Å². The van der Waals surface area contributed by atoms with Gasteiger partial charge in [0.1, 0.15) is 12.4 Å². The summed E-state index contributed by atoms with van der Waals surface area (Å²) in [7, 11) is -5.37. The first-order chi connectivity index (χ1) is 15.3. The van der Waals surface area contributed by atoms with Crippen LogP contribution in [0.25, 0.3) is 10.9 Å². The van der Waals surface area contributed by atoms with Crippen molar-refractivity contribution < 1.29 is 31.8 Å². The Hall–Kier alpha value is -2.57. The normalized spacial score (nSPS) is 12.7. The van der Waals surface area contributed by atoms with Gasteiger partial charge >= 0.3 is 5.97 Å². The van der Waals surface area contributed by atoms with E-state index in [4.69, 9.17) is 4.74 Å². The van der Waals surface area contributed by atoms with Gasteiger partial charge in [0.25, 0.3) is 6.43 Å². The van der Waals surface area contributed by atoms with Crippen molar-refractivity contribution in [2.45, 2.75) is 62.1 Å². The van der Waals surface area contributed by atoms with Crippen LogP contribution in [-0.4, -0.2) is 54.9 Å². The summed E-state index contributed by atoms with van der Waals surface area (Å²) in [5.41, 5.74) is 0.121. The molecule has 0 aliphatic carbocycles. The van der Waals surface area contributed by atoms with Crippen LogP contribution in [0.4, 0.5) is 8.78 Å². The van der Waals surface area contributed by atoms with Crippen molar-refractivity contribution in [3.63, 3.8) is 0 Å². The molecule has 0 unspecified atom stereocenters. The van der Waals surface area contributed by atoms with Gasteiger partial charge in [0.2, 0.25) is 9.84 Å². The number of halogens is 2. The maximum atomic E-state index is 13.2. The minimum absolute atomic E-state index is 0.0562. The fraction of sp³-hybridized carbons (Fsp3) is 0.429. The van der Waals surface area contributed by atoms with Crippen LogP contribution in [0.3, 0.4) is 0 Å². The van der Waals surface area contributed by atoms with Crippen LogP contribution in [-0.2, 0) is 27.8 Å². The number of sulfone groups is 1. The molecule has 8 nitrogen and oxygen atoms in total. The van der Waals surface area contributed by atoms with Crippen molar-refractivity contribution >= 4 is 34.8 Å². The van der Waals surface area contributed by atoms with Crippen LogP contribution in [0.5, 0.6) is 0 Å². The van der Waals surface area contributed by atoms with Gasteiger partial charge in [0, 0.05) is 25.8 Å². The summed E-state index contributed by atoms with van der Waals surface area (Å²) in [4.78, 5) is 11.1. The monoisotopic (exact) mass is 499 g/mol. The maximum absolute atomic E-state index is 13.2. The van der Waals surface area contributed by atoms with Crippen LogP contribution in [0.1, 0.15) is 16.2 Å². The Morgan fingerprint density at radius 3 is 2.55 bits per heavy atom. The number of hydrogen-bond acceptors (Lipinski definition) is 5. The first-order valence-electron chi connectivity index (χ1n) is 10.3. The molecule has 3 aromatic rings. The lowest BCUT2D eigenvalue weighted by Crippen LogP contribution is -2.22. The van der Waals surface area contributed by atoms with E-state index in [1.54, 1.807) is 10.7 Å². The van der Waals surface area contributed by atoms with E-state index < -0.39 is 42.5 Å². The van der Waals surface area contributed by atoms with Gasteiger partial charge in [0.15, 0.2) is 0 Å². The van der Waals surface area contributed by atoms with Crippen LogP contribution in [0, 0.1) is 6.92 Å². The third-order valence-electron chi connectivity index (χ3n) is 5.28. The number of benzene rings is 1. The molecule has 1 N–H and O–H groups in total. The number of alkyl halides is 2. The number of ether oxygens (including phenoxy) is 1. The van der Waals surface area contributed by atoms with Gasteiger partial charge in [-0.1, -0.05) is 19.6 Å². The van der Waals surface area contributed by atoms with Crippen LogP contribution < -0.4 is 0 Å². The zero-order chi connectivity index (χ0) is 24.6. The standard InChI is InChI=1S/C21H27F2N3O5SSi/c1-14-19(10-18(21(27)28)25(14)12-20(22)23)32(29,30)16-5-6-17-15(9-16)11-24-26(17)13-31-7-8-33(2,3)4/h5-6,9-11,20H,7-8,12-13H2,1-4H3,(H,27,28). The summed E-state index contributed by atoms with van der Waals surface area (Å²) in [5.74, 6) is -1.48. The average molecular weight is 500 g/mol. The molecule has 33 heavy (non-hydrogen) atoms. The van der Waals surface area contributed by atoms with Gasteiger partial charge in [-0.2, -0.15) is 5.10 Å². The van der Waals surface area contributed by atoms with E-state index in [0.29, 0.717) is 17.5 Å². The zero-order valence-corrected chi connectivity index (χ0v) is 20.7. The molecule has 0 saturated carbocycles. The Bertz CT molecular complexity index is 1280. The summed E-state index contributed by atoms with van der Waals surface area (Å²) in [5, 5.41) is 14.2. The fourth-order valence-corrected chi connectivity index (χ4v) is 5.74. The van der Waals surface area contributed by atoms with Crippen LogP contribution in [0.2, 0.25) is 25.7 Å². The van der Waals surface area contributed by atoms with E-state index in [2.05, 4.69) is 24.7 Å². The number of aromatic carboxylic acids is 1. The van der Waals surface area contributed by atoms with E-state index in [9.17, 15) is 27.1 Å². The number of carbonyl (C=O) groups is 1. The first-order valence-corrected chi connectivity index (χ1v) is 15.5. The Kier molecular flexibility index (Phi) is 7.10. The SMILES string of the molecule is Cc1c(S(=O)(=O)c2ccc3c(cnn3COCC[Si](C)(C)C)c2)cc(C(=O)O)n1CC(F)F. The second kappa shape index (κ2) is 9.35. The van der Waals surface area contributed by atoms with Crippen LogP contribution >= 0.6 is 0 Å². The quantitative estimate of drug-likeness (QED) is 0.330. The summed E-state index contributed by atoms with van der Waals surface area (Å²) in [6.45, 7) is 8.02. The van der Waals surface area contributed by atoms with Crippen molar-refractivity contribution in [2.24, 2.45) is 0 Å². The molecule has 2 aromatic heterocycles. The second-order valence-corrected chi connectivity index (χ2v) is 16.5. The minimum atomic E-state index is -4.15. The summed E-state index contributed by atoms with van der Waals surface area (Å²) < 4.78 is 60.5. The number of carboxylic acid groups (broad SMARTS) is 1. The average Bonchev–Trinajstić information content (AvgIpc) is 3.25. The topological polar surface area (TPSA) is 103 Å². The van der Waals surface area contributed by atoms with Gasteiger partial charge in [-0.25, -0.2) is 26.7 Å². The van der Waals surface area contributed by atoms with Gasteiger partial charge in [-0.05, 0) is 37.2 Å². The van der Waals surface area contributed by atoms with E-state index in [0.717, 1.165) is 16.7 Å². The Morgan fingerprint density at radius 1 is 1.24 bits per heavy atom. The smallest absolute Gasteiger partial charge is 0.352 e. The third kappa shape index (κ3) is 5.50. The Balaban J connectivity index is 1.91. The van der Waals surface area contributed by atoms with Gasteiger partial charge in [0.05, 0.1) is 28.0 Å². The number of aromatic nitrogens is 3. The highest BCUT2D eigenvalue weighted by molar-refractivity contribution is 7.91. The van der Waals surface area contributed by atoms with E-state index in [1.165, 1.54) is 25.3 Å². The third-order valence-corrected chi connectivity index (χ3v) is 8.85. The molecule has 0 amide bonds. The molecule has 0 aliphatic heterocycles. The van der Waals surface area contributed by atoms with Crippen LogP contribution in [0.15, 0.2) is 40.3 Å². The predicted octanol–water partition coefficient (Wildman–Crippen LogP) is 4.25. The summed E-state index contributed by atoms with van der Waals surface area (Å²) in [6.07, 6.45) is -1.31. The van der Waals surface area contributed by atoms with E-state index >= 15 is 0 Å². The zero-order valence-electron chi connectivity index (χ0n) is 18.9. The molecule has 0 aliphatic rings. The molecule has 0 bridgehead atoms. The number of carboxylic acids is 1. The number of hydrogen-bond donors (Lipinski definition) is 1. The maximum Gasteiger partial charge on any atom is 0.352 e. The number of rotatable bonds is 10. The number of nitrogens with zero attached hydrogens (tertiary/aromatic N) is 3. The van der Waals surface area contributed by atoms with Crippen molar-refractivity contribution in [2.75, 3.05) is 6.61 Å². The van der Waals surface area contributed by atoms with Crippen molar-refractivity contribution in [1.82, 2.24) is 14.3 Å². The summed E-state index contributed by atoms with van der Waals surface area (Å²) >= 11 is 0. The predicted molar refractivity (Wildman–Crippen MR) is 121 cm³/mol. The second-order valence-electron chi connectivity index (χ2n) is 9.00. The lowest BCUT2D eigenvalue weighted by atomic mass is 10.2. The molecule has 0 spiro atoms. The van der Waals surface area contributed by atoms with Crippen molar-refractivity contribution in [3.8, 4) is 0 Å². The van der Waals surface area contributed by atoms with Crippen molar-refractivity contribution in [3.05, 3.63) is 41.9 Å². The Morgan fingerprint density at radius 2 is 1.94 bits per heavy atom. The molecule has 2 heterocycles. The molecule has 0 radical (unpaired) electrons. The molecule has 180 valence electrons. The minimum Gasteiger partial charge on any atom is -0.477 e. The van der Waals surface area contributed by atoms with Crippen molar-refractivity contribution in [1.29, 1.82) is 0 Å².